The van der Waals surface area contributed by atoms with E-state index in [-0.39, 0.29) is 11.3 Å². The summed E-state index contributed by atoms with van der Waals surface area (Å²) in [6.07, 6.45) is 10.9. The highest BCUT2D eigenvalue weighted by Crippen LogP contribution is 2.60. The topological polar surface area (TPSA) is 58.8 Å². The molecule has 2 heterocycles. The largest absolute Gasteiger partial charge is 0.289 e. The number of amides is 1. The van der Waals surface area contributed by atoms with Crippen molar-refractivity contribution in [1.29, 1.82) is 0 Å². The Hall–Kier alpha value is -2.47. The zero-order valence-electron chi connectivity index (χ0n) is 16.3. The predicted octanol–water partition coefficient (Wildman–Crippen LogP) is 4.73. The second kappa shape index (κ2) is 6.52. The quantitative estimate of drug-likeness (QED) is 0.505. The Bertz CT molecular complexity index is 1060. The van der Waals surface area contributed by atoms with Crippen LogP contribution in [0.2, 0.25) is 0 Å². The summed E-state index contributed by atoms with van der Waals surface area (Å²) < 4.78 is 2.04. The van der Waals surface area contributed by atoms with Crippen molar-refractivity contribution < 1.29 is 4.79 Å². The van der Waals surface area contributed by atoms with Gasteiger partial charge in [-0.1, -0.05) is 30.3 Å². The minimum atomic E-state index is -0.177. The van der Waals surface area contributed by atoms with Crippen LogP contribution in [0.3, 0.4) is 0 Å². The number of fused-ring (bicyclic) bond motifs is 1. The number of benzene rings is 1. The third-order valence-electron chi connectivity index (χ3n) is 7.22. The highest BCUT2D eigenvalue weighted by molar-refractivity contribution is 7.15. The number of hydrogen-bond donors (Lipinski definition) is 1. The van der Waals surface area contributed by atoms with E-state index >= 15 is 0 Å². The fraction of sp³-hybridized carbons (Fsp3) is 0.435. The van der Waals surface area contributed by atoms with Crippen LogP contribution in [0.4, 0.5) is 0 Å². The van der Waals surface area contributed by atoms with Gasteiger partial charge in [0, 0.05) is 17.1 Å². The first-order chi connectivity index (χ1) is 14.2. The predicted molar refractivity (Wildman–Crippen MR) is 115 cm³/mol. The molecule has 4 aliphatic carbocycles. The zero-order chi connectivity index (χ0) is 19.4. The molecule has 4 saturated carbocycles. The lowest BCUT2D eigenvalue weighted by Gasteiger charge is -2.55. The van der Waals surface area contributed by atoms with Crippen molar-refractivity contribution >= 4 is 28.4 Å². The maximum Gasteiger partial charge on any atom is 0.246 e. The molecule has 6 heteroatoms. The normalized spacial score (nSPS) is 30.4. The smallest absolute Gasteiger partial charge is 0.246 e. The molecule has 1 amide bonds. The van der Waals surface area contributed by atoms with Crippen LogP contribution in [0.15, 0.2) is 47.0 Å². The summed E-state index contributed by atoms with van der Waals surface area (Å²) in [5.74, 6) is 2.38. The fourth-order valence-corrected chi connectivity index (χ4v) is 7.12. The van der Waals surface area contributed by atoms with Gasteiger partial charge in [-0.05, 0) is 56.3 Å². The maximum atomic E-state index is 13.1. The minimum Gasteiger partial charge on any atom is -0.289 e. The molecular formula is C23H24N4OS. The van der Waals surface area contributed by atoms with Gasteiger partial charge in [0.2, 0.25) is 5.91 Å². The average molecular weight is 405 g/mol. The lowest BCUT2D eigenvalue weighted by atomic mass is 9.49. The summed E-state index contributed by atoms with van der Waals surface area (Å²) in [7, 11) is 0. The van der Waals surface area contributed by atoms with Crippen molar-refractivity contribution in [2.24, 2.45) is 28.3 Å². The van der Waals surface area contributed by atoms with Crippen LogP contribution in [0.25, 0.3) is 16.2 Å². The number of rotatable bonds is 4. The summed E-state index contributed by atoms with van der Waals surface area (Å²) in [6.45, 7) is 0. The van der Waals surface area contributed by atoms with Crippen LogP contribution in [0.1, 0.15) is 44.2 Å². The van der Waals surface area contributed by atoms with E-state index in [1.165, 1.54) is 19.3 Å². The average Bonchev–Trinajstić information content (AvgIpc) is 3.30. The molecule has 2 aromatic heterocycles. The Kier molecular flexibility index (Phi) is 3.91. The number of carbonyl (C=O) groups is 1. The Morgan fingerprint density at radius 2 is 1.83 bits per heavy atom. The molecule has 5 nitrogen and oxygen atoms in total. The van der Waals surface area contributed by atoms with Crippen molar-refractivity contribution in [3.05, 3.63) is 47.6 Å². The Morgan fingerprint density at radius 3 is 2.52 bits per heavy atom. The number of carbonyl (C=O) groups excluding carboxylic acids is 1. The molecule has 4 aliphatic rings. The van der Waals surface area contributed by atoms with Gasteiger partial charge in [0.1, 0.15) is 0 Å². The van der Waals surface area contributed by atoms with Crippen molar-refractivity contribution in [3.8, 4) is 11.3 Å². The highest BCUT2D eigenvalue weighted by Gasteiger charge is 2.54. The van der Waals surface area contributed by atoms with Gasteiger partial charge in [0.05, 0.1) is 23.0 Å². The number of nitrogens with one attached hydrogen (secondary N) is 1. The van der Waals surface area contributed by atoms with Gasteiger partial charge in [0.15, 0.2) is 4.96 Å². The molecule has 1 aromatic carbocycles. The van der Waals surface area contributed by atoms with Crippen LogP contribution < -0.4 is 5.43 Å². The Morgan fingerprint density at radius 1 is 1.14 bits per heavy atom. The van der Waals surface area contributed by atoms with E-state index < -0.39 is 0 Å². The molecule has 0 spiro atoms. The Balaban J connectivity index is 1.27. The van der Waals surface area contributed by atoms with Gasteiger partial charge in [0.25, 0.3) is 0 Å². The van der Waals surface area contributed by atoms with Gasteiger partial charge in [-0.25, -0.2) is 10.4 Å². The summed E-state index contributed by atoms with van der Waals surface area (Å²) in [5.41, 5.74) is 5.58. The third-order valence-corrected chi connectivity index (χ3v) is 7.98. The van der Waals surface area contributed by atoms with Crippen LogP contribution in [-0.2, 0) is 4.79 Å². The van der Waals surface area contributed by atoms with Gasteiger partial charge < -0.3 is 0 Å². The number of thiazole rings is 1. The second-order valence-electron chi connectivity index (χ2n) is 9.16. The van der Waals surface area contributed by atoms with Gasteiger partial charge in [-0.15, -0.1) is 11.3 Å². The first-order valence-corrected chi connectivity index (χ1v) is 11.4. The second-order valence-corrected chi connectivity index (χ2v) is 10.0. The van der Waals surface area contributed by atoms with Crippen molar-refractivity contribution in [2.45, 2.75) is 38.5 Å². The molecule has 3 aromatic rings. The molecule has 0 saturated heterocycles. The van der Waals surface area contributed by atoms with Crippen LogP contribution in [0.5, 0.6) is 0 Å². The molecule has 0 aliphatic heterocycles. The summed E-state index contributed by atoms with van der Waals surface area (Å²) in [4.78, 5) is 18.8. The van der Waals surface area contributed by atoms with Crippen LogP contribution in [0, 0.1) is 23.2 Å². The van der Waals surface area contributed by atoms with Crippen molar-refractivity contribution in [1.82, 2.24) is 14.8 Å². The molecule has 4 fully saturated rings. The molecule has 0 unspecified atom stereocenters. The SMILES string of the molecule is O=C(N/N=C/c1c(-c2ccccc2)nc2sccn12)C12CC3CC(CC(C3)C1)C2. The van der Waals surface area contributed by atoms with E-state index in [0.717, 1.165) is 58.9 Å². The molecule has 7 rings (SSSR count). The summed E-state index contributed by atoms with van der Waals surface area (Å²) in [5, 5.41) is 6.42. The van der Waals surface area contributed by atoms with E-state index in [2.05, 4.69) is 22.7 Å². The maximum absolute atomic E-state index is 13.1. The third kappa shape index (κ3) is 2.84. The van der Waals surface area contributed by atoms with E-state index in [0.29, 0.717) is 0 Å². The van der Waals surface area contributed by atoms with Crippen LogP contribution >= 0.6 is 11.3 Å². The molecular weight excluding hydrogens is 380 g/mol. The number of nitrogens with zero attached hydrogens (tertiary/aromatic N) is 3. The standard InChI is InChI=1S/C23H24N4OS/c28-21(23-11-15-8-16(12-23)10-17(9-15)13-23)26-24-14-19-20(18-4-2-1-3-5-18)25-22-27(19)6-7-29-22/h1-7,14-17H,8-13H2,(H,26,28)/b24-14+. The number of aromatic nitrogens is 2. The van der Waals surface area contributed by atoms with Crippen molar-refractivity contribution in [3.63, 3.8) is 0 Å². The van der Waals surface area contributed by atoms with E-state index in [1.54, 1.807) is 17.6 Å². The summed E-state index contributed by atoms with van der Waals surface area (Å²) >= 11 is 1.60. The summed E-state index contributed by atoms with van der Waals surface area (Å²) in [6, 6.07) is 10.1. The molecule has 1 N–H and O–H groups in total. The lowest BCUT2D eigenvalue weighted by molar-refractivity contribution is -0.146. The van der Waals surface area contributed by atoms with Crippen LogP contribution in [-0.4, -0.2) is 21.5 Å². The van der Waals surface area contributed by atoms with Gasteiger partial charge >= 0.3 is 0 Å². The molecule has 4 bridgehead atoms. The first-order valence-electron chi connectivity index (χ1n) is 10.5. The Labute approximate surface area is 173 Å². The number of imidazole rings is 1. The minimum absolute atomic E-state index is 0.125. The molecule has 148 valence electrons. The van der Waals surface area contributed by atoms with Gasteiger partial charge in [-0.3, -0.25) is 9.20 Å². The lowest BCUT2D eigenvalue weighted by Crippen LogP contribution is -2.52. The molecule has 0 radical (unpaired) electrons. The zero-order valence-corrected chi connectivity index (χ0v) is 17.1. The number of hydrazone groups is 1. The molecule has 29 heavy (non-hydrogen) atoms. The van der Waals surface area contributed by atoms with E-state index in [1.807, 2.05) is 34.2 Å². The first kappa shape index (κ1) is 17.4. The highest BCUT2D eigenvalue weighted by atomic mass is 32.1. The van der Waals surface area contributed by atoms with Gasteiger partial charge in [-0.2, -0.15) is 5.10 Å². The van der Waals surface area contributed by atoms with E-state index in [9.17, 15) is 4.79 Å². The fourth-order valence-electron chi connectivity index (χ4n) is 6.39. The monoisotopic (exact) mass is 404 g/mol. The molecule has 0 atom stereocenters. The number of hydrogen-bond acceptors (Lipinski definition) is 4. The van der Waals surface area contributed by atoms with Crippen molar-refractivity contribution in [2.75, 3.05) is 0 Å². The van der Waals surface area contributed by atoms with E-state index in [4.69, 9.17) is 4.98 Å².